The van der Waals surface area contributed by atoms with Crippen LogP contribution in [-0.2, 0) is 0 Å². The summed E-state index contributed by atoms with van der Waals surface area (Å²) in [6.45, 7) is 0. The average molecular weight is 263 g/mol. The van der Waals surface area contributed by atoms with Crippen LogP contribution in [0.2, 0.25) is 5.02 Å². The van der Waals surface area contributed by atoms with Gasteiger partial charge in [0.2, 0.25) is 0 Å². The molecule has 90 valence electrons. The third kappa shape index (κ3) is 1.71. The summed E-state index contributed by atoms with van der Waals surface area (Å²) in [5.74, 6) is -0.493. The lowest BCUT2D eigenvalue weighted by Gasteiger charge is -2.06. The summed E-state index contributed by atoms with van der Waals surface area (Å²) >= 11 is 6.07. The normalized spacial score (nSPS) is 11.0. The quantitative estimate of drug-likeness (QED) is 0.677. The van der Waals surface area contributed by atoms with Crippen LogP contribution in [0, 0.1) is 5.82 Å². The Balaban J connectivity index is 2.21. The molecule has 18 heavy (non-hydrogen) atoms. The molecule has 3 rings (SSSR count). The second-order valence-electron chi connectivity index (χ2n) is 3.93. The van der Waals surface area contributed by atoms with Crippen molar-refractivity contribution in [3.05, 3.63) is 47.4 Å². The van der Waals surface area contributed by atoms with E-state index in [1.807, 2.05) is 12.1 Å². The van der Waals surface area contributed by atoms with Crippen LogP contribution in [0.25, 0.3) is 22.1 Å². The summed E-state index contributed by atoms with van der Waals surface area (Å²) in [5.41, 5.74) is 7.44. The molecule has 0 unspecified atom stereocenters. The summed E-state index contributed by atoms with van der Waals surface area (Å²) in [6, 6.07) is 8.15. The van der Waals surface area contributed by atoms with Gasteiger partial charge < -0.3 is 10.3 Å². The Bertz CT molecular complexity index is 739. The molecule has 0 saturated heterocycles. The van der Waals surface area contributed by atoms with Gasteiger partial charge in [0.05, 0.1) is 16.9 Å². The lowest BCUT2D eigenvalue weighted by Crippen LogP contribution is -1.91. The number of anilines is 1. The maximum atomic E-state index is 13.5. The lowest BCUT2D eigenvalue weighted by atomic mass is 10.0. The number of nitrogen functional groups attached to an aromatic ring is 1. The molecule has 3 aromatic rings. The molecule has 0 bridgehead atoms. The van der Waals surface area contributed by atoms with Gasteiger partial charge in [0, 0.05) is 10.9 Å². The molecule has 0 saturated carbocycles. The van der Waals surface area contributed by atoms with Gasteiger partial charge in [-0.2, -0.15) is 0 Å². The molecule has 1 aromatic heterocycles. The molecule has 0 atom stereocenters. The average Bonchev–Trinajstić information content (AvgIpc) is 2.80. The molecule has 0 radical (unpaired) electrons. The minimum Gasteiger partial charge on any atom is -0.396 e. The smallest absolute Gasteiger partial charge is 0.167 e. The number of rotatable bonds is 1. The van der Waals surface area contributed by atoms with E-state index < -0.39 is 5.82 Å². The molecule has 2 N–H and O–H groups in total. The number of benzene rings is 2. The number of hydrogen-bond donors (Lipinski definition) is 1. The Hall–Kier alpha value is -2.07. The SMILES string of the molecule is Nc1cc(Cl)c(-c2ccc3cnoc3c2)cc1F. The van der Waals surface area contributed by atoms with Crippen LogP contribution in [0.4, 0.5) is 10.1 Å². The first-order valence-corrected chi connectivity index (χ1v) is 5.62. The third-order valence-electron chi connectivity index (χ3n) is 2.75. The van der Waals surface area contributed by atoms with Crippen LogP contribution >= 0.6 is 11.6 Å². The monoisotopic (exact) mass is 262 g/mol. The van der Waals surface area contributed by atoms with Gasteiger partial charge in [-0.05, 0) is 29.8 Å². The first-order chi connectivity index (χ1) is 8.65. The summed E-state index contributed by atoms with van der Waals surface area (Å²) < 4.78 is 18.5. The van der Waals surface area contributed by atoms with E-state index >= 15 is 0 Å². The second-order valence-corrected chi connectivity index (χ2v) is 4.34. The van der Waals surface area contributed by atoms with Gasteiger partial charge in [-0.15, -0.1) is 0 Å². The first kappa shape index (κ1) is 11.0. The van der Waals surface area contributed by atoms with Gasteiger partial charge in [0.1, 0.15) is 5.82 Å². The van der Waals surface area contributed by atoms with E-state index in [2.05, 4.69) is 5.16 Å². The van der Waals surface area contributed by atoms with E-state index in [9.17, 15) is 4.39 Å². The van der Waals surface area contributed by atoms with Crippen molar-refractivity contribution in [3.63, 3.8) is 0 Å². The van der Waals surface area contributed by atoms with Crippen molar-refractivity contribution in [2.75, 3.05) is 5.73 Å². The Kier molecular flexibility index (Phi) is 2.45. The van der Waals surface area contributed by atoms with Crippen molar-refractivity contribution in [3.8, 4) is 11.1 Å². The Morgan fingerprint density at radius 3 is 2.89 bits per heavy atom. The zero-order valence-corrected chi connectivity index (χ0v) is 9.91. The highest BCUT2D eigenvalue weighted by atomic mass is 35.5. The van der Waals surface area contributed by atoms with Crippen molar-refractivity contribution in [2.45, 2.75) is 0 Å². The molecule has 0 aliphatic rings. The lowest BCUT2D eigenvalue weighted by molar-refractivity contribution is 0.456. The molecule has 0 aliphatic carbocycles. The maximum absolute atomic E-state index is 13.5. The van der Waals surface area contributed by atoms with Gasteiger partial charge in [-0.1, -0.05) is 22.8 Å². The van der Waals surface area contributed by atoms with Crippen LogP contribution in [0.15, 0.2) is 41.1 Å². The summed E-state index contributed by atoms with van der Waals surface area (Å²) in [7, 11) is 0. The van der Waals surface area contributed by atoms with E-state index in [1.54, 1.807) is 12.3 Å². The molecule has 2 aromatic carbocycles. The molecule has 0 spiro atoms. The van der Waals surface area contributed by atoms with Gasteiger partial charge in [-0.3, -0.25) is 0 Å². The minimum absolute atomic E-state index is 0.0319. The largest absolute Gasteiger partial charge is 0.396 e. The molecule has 5 heteroatoms. The zero-order valence-electron chi connectivity index (χ0n) is 9.15. The highest BCUT2D eigenvalue weighted by Crippen LogP contribution is 2.32. The van der Waals surface area contributed by atoms with Crippen LogP contribution in [0.3, 0.4) is 0 Å². The summed E-state index contributed by atoms with van der Waals surface area (Å²) in [5, 5.41) is 4.96. The third-order valence-corrected chi connectivity index (χ3v) is 3.07. The minimum atomic E-state index is -0.493. The van der Waals surface area contributed by atoms with E-state index in [0.717, 1.165) is 10.9 Å². The maximum Gasteiger partial charge on any atom is 0.167 e. The van der Waals surface area contributed by atoms with Gasteiger partial charge in [-0.25, -0.2) is 4.39 Å². The summed E-state index contributed by atoms with van der Waals surface area (Å²) in [6.07, 6.45) is 1.62. The predicted octanol–water partition coefficient (Wildman–Crippen LogP) is 3.87. The fourth-order valence-electron chi connectivity index (χ4n) is 1.81. The Morgan fingerprint density at radius 2 is 2.06 bits per heavy atom. The molecule has 3 nitrogen and oxygen atoms in total. The first-order valence-electron chi connectivity index (χ1n) is 5.24. The Labute approximate surface area is 107 Å². The highest BCUT2D eigenvalue weighted by Gasteiger charge is 2.10. The number of fused-ring (bicyclic) bond motifs is 1. The molecule has 0 amide bonds. The van der Waals surface area contributed by atoms with Gasteiger partial charge in [0.25, 0.3) is 0 Å². The van der Waals surface area contributed by atoms with Gasteiger partial charge >= 0.3 is 0 Å². The number of halogens is 2. The second kappa shape index (κ2) is 3.99. The fraction of sp³-hybridized carbons (Fsp3) is 0. The number of aromatic nitrogens is 1. The van der Waals surface area contributed by atoms with Crippen LogP contribution in [0.5, 0.6) is 0 Å². The highest BCUT2D eigenvalue weighted by molar-refractivity contribution is 6.33. The molecule has 0 aliphatic heterocycles. The zero-order chi connectivity index (χ0) is 12.7. The standard InChI is InChI=1S/C13H8ClFN2O/c14-10-5-12(16)11(15)4-9(10)7-1-2-8-6-17-18-13(8)3-7/h1-6H,16H2. The van der Waals surface area contributed by atoms with Crippen LogP contribution in [0.1, 0.15) is 0 Å². The van der Waals surface area contributed by atoms with Gasteiger partial charge in [0.15, 0.2) is 5.58 Å². The van der Waals surface area contributed by atoms with Crippen molar-refractivity contribution >= 4 is 28.3 Å². The predicted molar refractivity (Wildman–Crippen MR) is 68.8 cm³/mol. The summed E-state index contributed by atoms with van der Waals surface area (Å²) in [4.78, 5) is 0. The van der Waals surface area contributed by atoms with E-state index in [4.69, 9.17) is 21.9 Å². The number of nitrogens with two attached hydrogens (primary N) is 1. The molecular formula is C13H8ClFN2O. The van der Waals surface area contributed by atoms with Crippen molar-refractivity contribution < 1.29 is 8.91 Å². The number of nitrogens with zero attached hydrogens (tertiary/aromatic N) is 1. The van der Waals surface area contributed by atoms with Crippen molar-refractivity contribution in [1.29, 1.82) is 0 Å². The van der Waals surface area contributed by atoms with Crippen LogP contribution < -0.4 is 5.73 Å². The van der Waals surface area contributed by atoms with E-state index in [0.29, 0.717) is 16.2 Å². The Morgan fingerprint density at radius 1 is 1.22 bits per heavy atom. The fourth-order valence-corrected chi connectivity index (χ4v) is 2.09. The van der Waals surface area contributed by atoms with E-state index in [1.165, 1.54) is 12.1 Å². The van der Waals surface area contributed by atoms with Crippen molar-refractivity contribution in [1.82, 2.24) is 5.16 Å². The molecular weight excluding hydrogens is 255 g/mol. The van der Waals surface area contributed by atoms with Crippen LogP contribution in [-0.4, -0.2) is 5.16 Å². The molecule has 0 fully saturated rings. The topological polar surface area (TPSA) is 52.0 Å². The molecule has 1 heterocycles. The van der Waals surface area contributed by atoms with E-state index in [-0.39, 0.29) is 5.69 Å². The number of hydrogen-bond acceptors (Lipinski definition) is 3. The van der Waals surface area contributed by atoms with Crippen molar-refractivity contribution in [2.24, 2.45) is 0 Å².